The van der Waals surface area contributed by atoms with Crippen molar-refractivity contribution in [3.05, 3.63) is 27.4 Å². The summed E-state index contributed by atoms with van der Waals surface area (Å²) in [7, 11) is 0. The van der Waals surface area contributed by atoms with Gasteiger partial charge in [0, 0.05) is 12.0 Å². The lowest BCUT2D eigenvalue weighted by molar-refractivity contribution is 0.140. The topological polar surface area (TPSA) is 44.1 Å². The van der Waals surface area contributed by atoms with Gasteiger partial charge in [-0.15, -0.1) is 0 Å². The largest absolute Gasteiger partial charge is 0.412 e. The molecule has 0 radical (unpaired) electrons. The van der Waals surface area contributed by atoms with E-state index in [9.17, 15) is 4.79 Å². The Balaban J connectivity index is 2.78. The van der Waals surface area contributed by atoms with Crippen molar-refractivity contribution < 1.29 is 4.84 Å². The van der Waals surface area contributed by atoms with Gasteiger partial charge < -0.3 is 4.84 Å². The molecule has 0 saturated carbocycles. The summed E-state index contributed by atoms with van der Waals surface area (Å²) >= 11 is 0. The summed E-state index contributed by atoms with van der Waals surface area (Å²) in [5.41, 5.74) is 1.54. The van der Waals surface area contributed by atoms with E-state index in [1.807, 2.05) is 0 Å². The highest BCUT2D eigenvalue weighted by Crippen LogP contribution is 2.09. The molecule has 0 atom stereocenters. The molecule has 1 aromatic rings. The van der Waals surface area contributed by atoms with Crippen LogP contribution in [0.5, 0.6) is 0 Å². The molecular formula is C8H10N2O2. The zero-order valence-corrected chi connectivity index (χ0v) is 7.13. The Hall–Kier alpha value is -1.32. The van der Waals surface area contributed by atoms with Gasteiger partial charge in [-0.25, -0.2) is 0 Å². The molecule has 0 bridgehead atoms. The Kier molecular flexibility index (Phi) is 1.43. The van der Waals surface area contributed by atoms with E-state index in [1.54, 1.807) is 18.6 Å². The Labute approximate surface area is 69.8 Å². The molecule has 1 aliphatic heterocycles. The molecule has 2 rings (SSSR count). The van der Waals surface area contributed by atoms with E-state index in [2.05, 4.69) is 4.98 Å². The average Bonchev–Trinajstić information content (AvgIpc) is 2.48. The van der Waals surface area contributed by atoms with Crippen molar-refractivity contribution in [2.24, 2.45) is 0 Å². The minimum absolute atomic E-state index is 0.135. The van der Waals surface area contributed by atoms with Crippen molar-refractivity contribution >= 4 is 0 Å². The smallest absolute Gasteiger partial charge is 0.276 e. The van der Waals surface area contributed by atoms with E-state index < -0.39 is 0 Å². The van der Waals surface area contributed by atoms with Crippen LogP contribution in [0.25, 0.3) is 0 Å². The van der Waals surface area contributed by atoms with Crippen LogP contribution in [0.2, 0.25) is 0 Å². The van der Waals surface area contributed by atoms with Crippen LogP contribution in [0, 0.1) is 13.8 Å². The second-order valence-electron chi connectivity index (χ2n) is 2.91. The Morgan fingerprint density at radius 2 is 2.25 bits per heavy atom. The lowest BCUT2D eigenvalue weighted by Crippen LogP contribution is -2.21. The lowest BCUT2D eigenvalue weighted by atomic mass is 10.2. The first-order valence-electron chi connectivity index (χ1n) is 3.92. The maximum absolute atomic E-state index is 11.2. The maximum atomic E-state index is 11.2. The summed E-state index contributed by atoms with van der Waals surface area (Å²) in [5, 5.41) is 0. The highest BCUT2D eigenvalue weighted by molar-refractivity contribution is 5.18. The molecule has 0 N–H and O–H groups in total. The van der Waals surface area contributed by atoms with Crippen molar-refractivity contribution in [1.82, 2.24) is 9.71 Å². The van der Waals surface area contributed by atoms with Crippen LogP contribution in [0.15, 0.2) is 4.79 Å². The lowest BCUT2D eigenvalue weighted by Gasteiger charge is -2.07. The zero-order chi connectivity index (χ0) is 8.72. The summed E-state index contributed by atoms with van der Waals surface area (Å²) in [6.45, 7) is 4.21. The second kappa shape index (κ2) is 2.33. The number of fused-ring (bicyclic) bond motifs is 1. The van der Waals surface area contributed by atoms with Gasteiger partial charge in [0.15, 0.2) is 0 Å². The van der Waals surface area contributed by atoms with Gasteiger partial charge in [-0.1, -0.05) is 0 Å². The number of nitrogens with zero attached hydrogens (tertiary/aromatic N) is 2. The van der Waals surface area contributed by atoms with Gasteiger partial charge in [-0.3, -0.25) is 4.79 Å². The third-order valence-corrected chi connectivity index (χ3v) is 2.12. The zero-order valence-electron chi connectivity index (χ0n) is 7.13. The minimum Gasteiger partial charge on any atom is -0.412 e. The molecule has 4 heteroatoms. The van der Waals surface area contributed by atoms with Crippen LogP contribution in [0.1, 0.15) is 17.1 Å². The van der Waals surface area contributed by atoms with E-state index in [4.69, 9.17) is 4.84 Å². The Morgan fingerprint density at radius 3 is 3.00 bits per heavy atom. The summed E-state index contributed by atoms with van der Waals surface area (Å²) in [6, 6.07) is 0. The van der Waals surface area contributed by atoms with E-state index in [0.29, 0.717) is 18.0 Å². The summed E-state index contributed by atoms with van der Waals surface area (Å²) in [6.07, 6.45) is 0.810. The first-order chi connectivity index (χ1) is 5.70. The van der Waals surface area contributed by atoms with Gasteiger partial charge >= 0.3 is 0 Å². The standard InChI is InChI=1S/C8H10N2O2/c1-5-7-3-4-12-10(7)6(2)9-8(5)11/h3-4H2,1-2H3. The molecule has 4 nitrogen and oxygen atoms in total. The highest BCUT2D eigenvalue weighted by Gasteiger charge is 2.17. The third kappa shape index (κ3) is 0.841. The number of aromatic nitrogens is 2. The minimum atomic E-state index is -0.135. The normalized spacial score (nSPS) is 14.2. The van der Waals surface area contributed by atoms with Crippen molar-refractivity contribution in [2.45, 2.75) is 20.3 Å². The molecule has 2 heterocycles. The molecular weight excluding hydrogens is 156 g/mol. The molecule has 1 aliphatic rings. The fourth-order valence-electron chi connectivity index (χ4n) is 1.44. The van der Waals surface area contributed by atoms with Gasteiger partial charge in [0.2, 0.25) is 0 Å². The monoisotopic (exact) mass is 166 g/mol. The van der Waals surface area contributed by atoms with Gasteiger partial charge in [0.05, 0.1) is 5.69 Å². The van der Waals surface area contributed by atoms with Crippen LogP contribution in [-0.2, 0) is 6.42 Å². The molecule has 1 aromatic heterocycles. The number of hydrogen-bond acceptors (Lipinski definition) is 3. The van der Waals surface area contributed by atoms with Crippen LogP contribution >= 0.6 is 0 Å². The van der Waals surface area contributed by atoms with Gasteiger partial charge in [-0.2, -0.15) is 9.71 Å². The average molecular weight is 166 g/mol. The highest BCUT2D eigenvalue weighted by atomic mass is 16.7. The van der Waals surface area contributed by atoms with Gasteiger partial charge in [0.1, 0.15) is 12.4 Å². The van der Waals surface area contributed by atoms with E-state index in [1.165, 1.54) is 0 Å². The SMILES string of the molecule is Cc1c2n(c(C)nc1=O)OCC2. The van der Waals surface area contributed by atoms with E-state index in [0.717, 1.165) is 12.1 Å². The Bertz CT molecular complexity index is 381. The molecule has 0 aliphatic carbocycles. The molecule has 0 unspecified atom stereocenters. The molecule has 0 saturated heterocycles. The summed E-state index contributed by atoms with van der Waals surface area (Å²) in [5.74, 6) is 0.637. The molecule has 0 fully saturated rings. The molecule has 64 valence electrons. The third-order valence-electron chi connectivity index (χ3n) is 2.12. The van der Waals surface area contributed by atoms with Crippen LogP contribution in [-0.4, -0.2) is 16.3 Å². The first-order valence-corrected chi connectivity index (χ1v) is 3.92. The Morgan fingerprint density at radius 1 is 1.50 bits per heavy atom. The number of rotatable bonds is 0. The summed E-state index contributed by atoms with van der Waals surface area (Å²) in [4.78, 5) is 20.3. The number of aryl methyl sites for hydroxylation is 1. The predicted molar refractivity (Wildman–Crippen MR) is 43.1 cm³/mol. The fraction of sp³-hybridized carbons (Fsp3) is 0.500. The van der Waals surface area contributed by atoms with E-state index >= 15 is 0 Å². The molecule has 0 aromatic carbocycles. The van der Waals surface area contributed by atoms with Crippen molar-refractivity contribution in [3.63, 3.8) is 0 Å². The number of hydrogen-bond donors (Lipinski definition) is 0. The maximum Gasteiger partial charge on any atom is 0.276 e. The van der Waals surface area contributed by atoms with Crippen molar-refractivity contribution in [3.8, 4) is 0 Å². The second-order valence-corrected chi connectivity index (χ2v) is 2.91. The van der Waals surface area contributed by atoms with Crippen LogP contribution < -0.4 is 10.4 Å². The molecule has 0 spiro atoms. The van der Waals surface area contributed by atoms with Crippen LogP contribution in [0.3, 0.4) is 0 Å². The van der Waals surface area contributed by atoms with E-state index in [-0.39, 0.29) is 5.56 Å². The first kappa shape index (κ1) is 7.34. The fourth-order valence-corrected chi connectivity index (χ4v) is 1.44. The van der Waals surface area contributed by atoms with Crippen molar-refractivity contribution in [1.29, 1.82) is 0 Å². The predicted octanol–water partition coefficient (Wildman–Crippen LogP) is -0.155. The van der Waals surface area contributed by atoms with Crippen LogP contribution in [0.4, 0.5) is 0 Å². The summed E-state index contributed by atoms with van der Waals surface area (Å²) < 4.78 is 1.65. The van der Waals surface area contributed by atoms with Gasteiger partial charge in [-0.05, 0) is 13.8 Å². The molecule has 12 heavy (non-hydrogen) atoms. The quantitative estimate of drug-likeness (QED) is 0.538. The van der Waals surface area contributed by atoms with Crippen molar-refractivity contribution in [2.75, 3.05) is 6.61 Å². The molecule has 0 amide bonds. The van der Waals surface area contributed by atoms with Gasteiger partial charge in [0.25, 0.3) is 5.56 Å².